The largest absolute Gasteiger partial charge is 0.325 e. The molecule has 1 amide bonds. The van der Waals surface area contributed by atoms with Crippen LogP contribution in [0.5, 0.6) is 0 Å². The molecule has 1 fully saturated rings. The van der Waals surface area contributed by atoms with Crippen molar-refractivity contribution in [3.05, 3.63) is 24.3 Å². The standard InChI is InChI=1S/C20H30N4O3S/c1-3-23(15-17(2)14-21)16-20(25)22-18-8-10-19(11-9-18)28(26,27)24-12-6-4-5-7-13-24/h8-11,17H,3-7,12-13,15-16H2,1-2H3,(H,22,25). The number of hydrogen-bond donors (Lipinski definition) is 1. The van der Waals surface area contributed by atoms with Gasteiger partial charge in [-0.25, -0.2) is 8.42 Å². The topological polar surface area (TPSA) is 93.5 Å². The molecule has 0 saturated carbocycles. The van der Waals surface area contributed by atoms with Gasteiger partial charge in [0.1, 0.15) is 0 Å². The molecule has 1 aliphatic rings. The monoisotopic (exact) mass is 406 g/mol. The summed E-state index contributed by atoms with van der Waals surface area (Å²) in [6, 6.07) is 8.51. The fraction of sp³-hybridized carbons (Fsp3) is 0.600. The molecular weight excluding hydrogens is 376 g/mol. The number of carbonyl (C=O) groups excluding carboxylic acids is 1. The van der Waals surface area contributed by atoms with E-state index >= 15 is 0 Å². The van der Waals surface area contributed by atoms with Gasteiger partial charge in [-0.05, 0) is 50.6 Å². The number of amides is 1. The van der Waals surface area contributed by atoms with Crippen LogP contribution in [0.1, 0.15) is 39.5 Å². The fourth-order valence-electron chi connectivity index (χ4n) is 3.28. The van der Waals surface area contributed by atoms with Crippen molar-refractivity contribution in [2.45, 2.75) is 44.4 Å². The van der Waals surface area contributed by atoms with E-state index in [-0.39, 0.29) is 23.3 Å². The summed E-state index contributed by atoms with van der Waals surface area (Å²) in [5, 5.41) is 11.7. The summed E-state index contributed by atoms with van der Waals surface area (Å²) in [6.45, 7) is 6.30. The van der Waals surface area contributed by atoms with Gasteiger partial charge in [-0.1, -0.05) is 19.8 Å². The van der Waals surface area contributed by atoms with Crippen molar-refractivity contribution in [1.82, 2.24) is 9.21 Å². The van der Waals surface area contributed by atoms with Gasteiger partial charge in [0, 0.05) is 25.3 Å². The van der Waals surface area contributed by atoms with E-state index in [1.165, 1.54) is 0 Å². The highest BCUT2D eigenvalue weighted by Crippen LogP contribution is 2.21. The Labute approximate surface area is 168 Å². The molecule has 1 aliphatic heterocycles. The lowest BCUT2D eigenvalue weighted by molar-refractivity contribution is -0.117. The zero-order chi connectivity index (χ0) is 20.6. The number of nitrogens with zero attached hydrogens (tertiary/aromatic N) is 3. The van der Waals surface area contributed by atoms with Crippen LogP contribution in [0.2, 0.25) is 0 Å². The van der Waals surface area contributed by atoms with Gasteiger partial charge in [-0.3, -0.25) is 9.69 Å². The molecule has 0 aromatic heterocycles. The minimum absolute atomic E-state index is 0.142. The smallest absolute Gasteiger partial charge is 0.243 e. The van der Waals surface area contributed by atoms with E-state index in [4.69, 9.17) is 5.26 Å². The van der Waals surface area contributed by atoms with E-state index in [1.807, 2.05) is 18.7 Å². The Hall–Kier alpha value is -1.95. The van der Waals surface area contributed by atoms with Crippen LogP contribution in [0.15, 0.2) is 29.2 Å². The molecule has 0 spiro atoms. The normalized spacial score (nSPS) is 16.9. The van der Waals surface area contributed by atoms with Crippen LogP contribution >= 0.6 is 0 Å². The molecule has 1 aromatic rings. The third-order valence-corrected chi connectivity index (χ3v) is 6.82. The summed E-state index contributed by atoms with van der Waals surface area (Å²) in [5.41, 5.74) is 0.559. The molecule has 0 radical (unpaired) electrons. The van der Waals surface area contributed by atoms with E-state index in [9.17, 15) is 13.2 Å². The second-order valence-electron chi connectivity index (χ2n) is 7.25. The first-order chi connectivity index (χ1) is 13.4. The first kappa shape index (κ1) is 22.3. The molecular formula is C20H30N4O3S. The Kier molecular flexibility index (Phi) is 8.42. The molecule has 28 heavy (non-hydrogen) atoms. The molecule has 7 nitrogen and oxygen atoms in total. The number of carbonyl (C=O) groups is 1. The van der Waals surface area contributed by atoms with E-state index < -0.39 is 10.0 Å². The Morgan fingerprint density at radius 1 is 1.21 bits per heavy atom. The first-order valence-corrected chi connectivity index (χ1v) is 11.3. The highest BCUT2D eigenvalue weighted by atomic mass is 32.2. The van der Waals surface area contributed by atoms with E-state index in [1.54, 1.807) is 28.6 Å². The number of anilines is 1. The van der Waals surface area contributed by atoms with Gasteiger partial charge in [0.2, 0.25) is 15.9 Å². The summed E-state index contributed by atoms with van der Waals surface area (Å²) in [5.74, 6) is -0.327. The van der Waals surface area contributed by atoms with Crippen LogP contribution in [0.25, 0.3) is 0 Å². The van der Waals surface area contributed by atoms with Gasteiger partial charge in [0.05, 0.1) is 23.4 Å². The van der Waals surface area contributed by atoms with Gasteiger partial charge >= 0.3 is 0 Å². The molecule has 0 bridgehead atoms. The van der Waals surface area contributed by atoms with Gasteiger partial charge in [0.25, 0.3) is 0 Å². The average molecular weight is 407 g/mol. The van der Waals surface area contributed by atoms with Crippen molar-refractivity contribution in [2.24, 2.45) is 5.92 Å². The number of likely N-dealkylation sites (N-methyl/N-ethyl adjacent to an activating group) is 1. The number of benzene rings is 1. The number of rotatable bonds is 8. The zero-order valence-electron chi connectivity index (χ0n) is 16.7. The lowest BCUT2D eigenvalue weighted by Gasteiger charge is -2.21. The van der Waals surface area contributed by atoms with Crippen molar-refractivity contribution in [3.8, 4) is 6.07 Å². The molecule has 154 valence electrons. The summed E-state index contributed by atoms with van der Waals surface area (Å²) in [7, 11) is -3.49. The number of nitrogens with one attached hydrogen (secondary N) is 1. The maximum absolute atomic E-state index is 12.8. The van der Waals surface area contributed by atoms with Crippen LogP contribution in [0, 0.1) is 17.2 Å². The van der Waals surface area contributed by atoms with Crippen LogP contribution in [0.3, 0.4) is 0 Å². The molecule has 8 heteroatoms. The van der Waals surface area contributed by atoms with Gasteiger partial charge in [-0.2, -0.15) is 9.57 Å². The van der Waals surface area contributed by atoms with Crippen molar-refractivity contribution >= 4 is 21.6 Å². The van der Waals surface area contributed by atoms with Crippen LogP contribution in [0.4, 0.5) is 5.69 Å². The minimum Gasteiger partial charge on any atom is -0.325 e. The quantitative estimate of drug-likeness (QED) is 0.716. The molecule has 0 aliphatic carbocycles. The Balaban J connectivity index is 1.98. The molecule has 2 rings (SSSR count). The second-order valence-corrected chi connectivity index (χ2v) is 9.19. The van der Waals surface area contributed by atoms with Crippen LogP contribution < -0.4 is 5.32 Å². The van der Waals surface area contributed by atoms with Crippen LogP contribution in [-0.2, 0) is 14.8 Å². The second kappa shape index (κ2) is 10.6. The van der Waals surface area contributed by atoms with E-state index in [2.05, 4.69) is 11.4 Å². The molecule has 1 saturated heterocycles. The third kappa shape index (κ3) is 6.30. The molecule has 1 aromatic carbocycles. The van der Waals surface area contributed by atoms with Crippen molar-refractivity contribution in [2.75, 3.05) is 38.0 Å². The number of hydrogen-bond acceptors (Lipinski definition) is 5. The SMILES string of the molecule is CCN(CC(=O)Nc1ccc(S(=O)(=O)N2CCCCCC2)cc1)CC(C)C#N. The van der Waals surface area contributed by atoms with Gasteiger partial charge in [0.15, 0.2) is 0 Å². The molecule has 1 atom stereocenters. The Morgan fingerprint density at radius 2 is 1.82 bits per heavy atom. The lowest BCUT2D eigenvalue weighted by Crippen LogP contribution is -2.35. The maximum atomic E-state index is 12.8. The van der Waals surface area contributed by atoms with E-state index in [0.717, 1.165) is 25.7 Å². The van der Waals surface area contributed by atoms with Crippen molar-refractivity contribution in [1.29, 1.82) is 5.26 Å². The summed E-state index contributed by atoms with van der Waals surface area (Å²) in [4.78, 5) is 14.4. The third-order valence-electron chi connectivity index (χ3n) is 4.91. The minimum atomic E-state index is -3.49. The summed E-state index contributed by atoms with van der Waals surface area (Å²) < 4.78 is 27.1. The van der Waals surface area contributed by atoms with Crippen molar-refractivity contribution < 1.29 is 13.2 Å². The zero-order valence-corrected chi connectivity index (χ0v) is 17.5. The summed E-state index contributed by atoms with van der Waals surface area (Å²) >= 11 is 0. The van der Waals surface area contributed by atoms with Crippen LogP contribution in [-0.4, -0.2) is 56.3 Å². The van der Waals surface area contributed by atoms with E-state index in [0.29, 0.717) is 31.9 Å². The Morgan fingerprint density at radius 3 is 2.36 bits per heavy atom. The predicted molar refractivity (Wildman–Crippen MR) is 109 cm³/mol. The molecule has 1 unspecified atom stereocenters. The average Bonchev–Trinajstić information content (AvgIpc) is 2.97. The van der Waals surface area contributed by atoms with Crippen molar-refractivity contribution in [3.63, 3.8) is 0 Å². The van der Waals surface area contributed by atoms with Gasteiger partial charge in [-0.15, -0.1) is 0 Å². The molecule has 1 heterocycles. The number of nitriles is 1. The number of sulfonamides is 1. The van der Waals surface area contributed by atoms with Gasteiger partial charge < -0.3 is 5.32 Å². The summed E-state index contributed by atoms with van der Waals surface area (Å²) in [6.07, 6.45) is 3.93. The molecule has 1 N–H and O–H groups in total. The first-order valence-electron chi connectivity index (χ1n) is 9.89. The lowest BCUT2D eigenvalue weighted by atomic mass is 10.2. The maximum Gasteiger partial charge on any atom is 0.243 e. The highest BCUT2D eigenvalue weighted by Gasteiger charge is 2.25. The fourth-order valence-corrected chi connectivity index (χ4v) is 4.80. The predicted octanol–water partition coefficient (Wildman–Crippen LogP) is 2.67. The highest BCUT2D eigenvalue weighted by molar-refractivity contribution is 7.89. The Bertz CT molecular complexity index is 779.